The Hall–Kier alpha value is -3.56. The number of fused-ring (bicyclic) bond motifs is 6. The number of rotatable bonds is 1. The van der Waals surface area contributed by atoms with Gasteiger partial charge < -0.3 is 0 Å². The molecule has 1 aliphatic rings. The van der Waals surface area contributed by atoms with Crippen molar-refractivity contribution in [2.45, 2.75) is 6.92 Å². The molecule has 0 unspecified atom stereocenters. The van der Waals surface area contributed by atoms with Crippen molar-refractivity contribution in [3.63, 3.8) is 0 Å². The number of thiophene rings is 1. The highest BCUT2D eigenvalue weighted by Gasteiger charge is 2.33. The fourth-order valence-electron chi connectivity index (χ4n) is 4.42. The fourth-order valence-corrected chi connectivity index (χ4v) is 5.67. The largest absolute Gasteiger partial charge is 0.289 e. The van der Waals surface area contributed by atoms with E-state index in [0.29, 0.717) is 22.3 Å². The van der Waals surface area contributed by atoms with Gasteiger partial charge in [0.15, 0.2) is 11.6 Å². The van der Waals surface area contributed by atoms with Gasteiger partial charge in [-0.05, 0) is 24.6 Å². The lowest BCUT2D eigenvalue weighted by molar-refractivity contribution is 0.0980. The lowest BCUT2D eigenvalue weighted by Gasteiger charge is -2.20. The van der Waals surface area contributed by atoms with Gasteiger partial charge >= 0.3 is 0 Å². The second-order valence-corrected chi connectivity index (χ2v) is 8.77. The number of aryl methyl sites for hydroxylation is 1. The van der Waals surface area contributed by atoms with Crippen LogP contribution in [-0.2, 0) is 0 Å². The average molecular weight is 404 g/mol. The Morgan fingerprint density at radius 1 is 0.667 bits per heavy atom. The zero-order chi connectivity index (χ0) is 20.4. The molecule has 6 rings (SSSR count). The summed E-state index contributed by atoms with van der Waals surface area (Å²) in [5.74, 6) is -0.144. The van der Waals surface area contributed by atoms with Crippen molar-refractivity contribution in [1.29, 1.82) is 0 Å². The highest BCUT2D eigenvalue weighted by molar-refractivity contribution is 7.26. The van der Waals surface area contributed by atoms with Crippen LogP contribution >= 0.6 is 11.3 Å². The maximum Gasteiger partial charge on any atom is 0.195 e. The normalized spacial score (nSPS) is 13.0. The fraction of sp³-hybridized carbons (Fsp3) is 0.0370. The zero-order valence-corrected chi connectivity index (χ0v) is 17.0. The van der Waals surface area contributed by atoms with E-state index in [1.54, 1.807) is 23.5 Å². The number of benzene rings is 4. The number of hydrogen-bond donors (Lipinski definition) is 0. The van der Waals surface area contributed by atoms with Gasteiger partial charge in [0.1, 0.15) is 0 Å². The molecule has 1 aliphatic carbocycles. The van der Waals surface area contributed by atoms with Crippen molar-refractivity contribution in [2.24, 2.45) is 0 Å². The molecule has 0 saturated carbocycles. The molecule has 0 bridgehead atoms. The second-order valence-electron chi connectivity index (χ2n) is 7.72. The molecule has 5 aromatic rings. The Balaban J connectivity index is 1.79. The minimum absolute atomic E-state index is 0.0655. The summed E-state index contributed by atoms with van der Waals surface area (Å²) in [5, 5.41) is 1.93. The number of carbonyl (C=O) groups is 2. The Morgan fingerprint density at radius 3 is 2.10 bits per heavy atom. The Morgan fingerprint density at radius 2 is 1.33 bits per heavy atom. The maximum absolute atomic E-state index is 13.6. The molecule has 0 N–H and O–H groups in total. The summed E-state index contributed by atoms with van der Waals surface area (Å²) in [6.07, 6.45) is 0. The summed E-state index contributed by atoms with van der Waals surface area (Å²) in [4.78, 5) is 27.0. The van der Waals surface area contributed by atoms with E-state index in [4.69, 9.17) is 0 Å². The van der Waals surface area contributed by atoms with Gasteiger partial charge in [0.05, 0.1) is 0 Å². The summed E-state index contributed by atoms with van der Waals surface area (Å²) in [7, 11) is 0. The molecule has 0 fully saturated rings. The molecule has 2 nitrogen and oxygen atoms in total. The Kier molecular flexibility index (Phi) is 3.59. The smallest absolute Gasteiger partial charge is 0.195 e. The molecular weight excluding hydrogens is 388 g/mol. The molecule has 0 saturated heterocycles. The van der Waals surface area contributed by atoms with Gasteiger partial charge in [0.25, 0.3) is 0 Å². The molecule has 1 heterocycles. The van der Waals surface area contributed by atoms with E-state index in [-0.39, 0.29) is 11.6 Å². The van der Waals surface area contributed by atoms with Crippen LogP contribution in [0.25, 0.3) is 31.3 Å². The quantitative estimate of drug-likeness (QED) is 0.302. The van der Waals surface area contributed by atoms with Crippen molar-refractivity contribution in [3.05, 3.63) is 107 Å². The highest BCUT2D eigenvalue weighted by Crippen LogP contribution is 2.45. The maximum atomic E-state index is 13.6. The molecule has 1 aromatic heterocycles. The lowest BCUT2D eigenvalue weighted by Crippen LogP contribution is -2.21. The van der Waals surface area contributed by atoms with Gasteiger partial charge in [-0.15, -0.1) is 11.3 Å². The number of hydrogen-bond acceptors (Lipinski definition) is 3. The van der Waals surface area contributed by atoms with E-state index < -0.39 is 0 Å². The third-order valence-electron chi connectivity index (χ3n) is 5.90. The van der Waals surface area contributed by atoms with Crippen LogP contribution in [0.3, 0.4) is 0 Å². The number of carbonyl (C=O) groups excluding carboxylic acids is 2. The van der Waals surface area contributed by atoms with Crippen LogP contribution in [0.15, 0.2) is 78.9 Å². The molecule has 30 heavy (non-hydrogen) atoms. The van der Waals surface area contributed by atoms with E-state index >= 15 is 0 Å². The van der Waals surface area contributed by atoms with E-state index in [1.165, 1.54) is 5.56 Å². The predicted octanol–water partition coefficient (Wildman–Crippen LogP) is 6.81. The Labute approximate surface area is 177 Å². The highest BCUT2D eigenvalue weighted by atomic mass is 32.1. The third kappa shape index (κ3) is 2.30. The molecule has 142 valence electrons. The van der Waals surface area contributed by atoms with Gasteiger partial charge in [-0.25, -0.2) is 0 Å². The molecular formula is C27H16O2S. The molecule has 0 aliphatic heterocycles. The van der Waals surface area contributed by atoms with Gasteiger partial charge in [-0.3, -0.25) is 9.59 Å². The van der Waals surface area contributed by atoms with Gasteiger partial charge in [0.2, 0.25) is 0 Å². The standard InChI is InChI=1S/C27H16O2S/c1-15-10-12-16(13-11-15)20-14-21-23(24-19-8-4-5-9-22(19)30-27(20)24)26(29)18-7-3-2-6-17(18)25(21)28/h2-14H,1H3. The molecule has 0 atom stereocenters. The van der Waals surface area contributed by atoms with Crippen LogP contribution in [0.2, 0.25) is 0 Å². The molecule has 3 heteroatoms. The summed E-state index contributed by atoms with van der Waals surface area (Å²) >= 11 is 1.68. The lowest BCUT2D eigenvalue weighted by atomic mass is 9.80. The number of ketones is 2. The first-order chi connectivity index (χ1) is 14.6. The topological polar surface area (TPSA) is 34.1 Å². The van der Waals surface area contributed by atoms with Gasteiger partial charge in [-0.1, -0.05) is 72.3 Å². The first kappa shape index (κ1) is 17.3. The van der Waals surface area contributed by atoms with Crippen molar-refractivity contribution in [1.82, 2.24) is 0 Å². The summed E-state index contributed by atoms with van der Waals surface area (Å²) in [6.45, 7) is 2.06. The monoisotopic (exact) mass is 404 g/mol. The van der Waals surface area contributed by atoms with Crippen LogP contribution in [0.1, 0.15) is 37.4 Å². The van der Waals surface area contributed by atoms with E-state index in [2.05, 4.69) is 37.3 Å². The zero-order valence-electron chi connectivity index (χ0n) is 16.2. The summed E-state index contributed by atoms with van der Waals surface area (Å²) in [6, 6.07) is 25.5. The van der Waals surface area contributed by atoms with Crippen molar-refractivity contribution >= 4 is 43.1 Å². The predicted molar refractivity (Wildman–Crippen MR) is 123 cm³/mol. The summed E-state index contributed by atoms with van der Waals surface area (Å²) < 4.78 is 2.17. The molecule has 4 aromatic carbocycles. The average Bonchev–Trinajstić information content (AvgIpc) is 3.17. The minimum Gasteiger partial charge on any atom is -0.289 e. The van der Waals surface area contributed by atoms with Crippen LogP contribution < -0.4 is 0 Å². The minimum atomic E-state index is -0.0780. The second kappa shape index (κ2) is 6.22. The van der Waals surface area contributed by atoms with Crippen LogP contribution in [-0.4, -0.2) is 11.6 Å². The van der Waals surface area contributed by atoms with Crippen molar-refractivity contribution in [2.75, 3.05) is 0 Å². The first-order valence-electron chi connectivity index (χ1n) is 9.87. The van der Waals surface area contributed by atoms with Gasteiger partial charge in [-0.2, -0.15) is 0 Å². The van der Waals surface area contributed by atoms with Crippen LogP contribution in [0, 0.1) is 6.92 Å². The van der Waals surface area contributed by atoms with E-state index in [9.17, 15) is 9.59 Å². The Bertz CT molecular complexity index is 1520. The van der Waals surface area contributed by atoms with E-state index in [1.807, 2.05) is 36.4 Å². The molecule has 0 spiro atoms. The van der Waals surface area contributed by atoms with Gasteiger partial charge in [0, 0.05) is 48.0 Å². The molecule has 0 amide bonds. The van der Waals surface area contributed by atoms with Crippen molar-refractivity contribution in [3.8, 4) is 11.1 Å². The van der Waals surface area contributed by atoms with Crippen molar-refractivity contribution < 1.29 is 9.59 Å². The third-order valence-corrected chi connectivity index (χ3v) is 7.10. The summed E-state index contributed by atoms with van der Waals surface area (Å²) in [5.41, 5.74) is 5.28. The molecule has 0 radical (unpaired) electrons. The first-order valence-corrected chi connectivity index (χ1v) is 10.7. The van der Waals surface area contributed by atoms with E-state index in [0.717, 1.165) is 31.3 Å². The van der Waals surface area contributed by atoms with Crippen LogP contribution in [0.4, 0.5) is 0 Å². The SMILES string of the molecule is Cc1ccc(-c2cc3c(c4c2sc2ccccc24)C(=O)c2ccccc2C3=O)cc1. The van der Waals surface area contributed by atoms with Crippen LogP contribution in [0.5, 0.6) is 0 Å².